The topological polar surface area (TPSA) is 0 Å². The van der Waals surface area contributed by atoms with Gasteiger partial charge in [0.15, 0.2) is 0 Å². The Bertz CT molecular complexity index is 922. The van der Waals surface area contributed by atoms with E-state index in [0.717, 1.165) is 12.4 Å². The van der Waals surface area contributed by atoms with Crippen LogP contribution >= 0.6 is 7.92 Å². The molecule has 4 rings (SSSR count). The molecule has 144 valence electrons. The number of rotatable bonds is 7. The van der Waals surface area contributed by atoms with Crippen molar-refractivity contribution in [3.8, 4) is 0 Å². The molecule has 0 aliphatic heterocycles. The van der Waals surface area contributed by atoms with E-state index in [1.807, 2.05) is 0 Å². The van der Waals surface area contributed by atoms with E-state index in [2.05, 4.69) is 128 Å². The summed E-state index contributed by atoms with van der Waals surface area (Å²) in [5, 5.41) is 2.92. The van der Waals surface area contributed by atoms with Crippen molar-refractivity contribution in [2.24, 2.45) is 0 Å². The summed E-state index contributed by atoms with van der Waals surface area (Å²) in [6.45, 7) is 2.36. The zero-order valence-electron chi connectivity index (χ0n) is 17.0. The Labute approximate surface area is 176 Å². The van der Waals surface area contributed by atoms with Crippen molar-refractivity contribution in [1.82, 2.24) is 0 Å². The molecular weight excluding hydrogens is 366 g/mol. The largest absolute Gasteiger partial charge is 0.204 e. The van der Waals surface area contributed by atoms with Crippen molar-refractivity contribution in [3.63, 3.8) is 0 Å². The van der Waals surface area contributed by atoms with Gasteiger partial charge in [-0.3, -0.25) is 0 Å². The lowest BCUT2D eigenvalue weighted by Crippen LogP contribution is -2.61. The van der Waals surface area contributed by atoms with Crippen LogP contribution in [0.3, 0.4) is 0 Å². The van der Waals surface area contributed by atoms with E-state index in [1.54, 1.807) is 0 Å². The molecule has 4 aromatic rings. The molecule has 4 aromatic carbocycles. The molecule has 0 amide bonds. The molecule has 0 bridgehead atoms. The van der Waals surface area contributed by atoms with Crippen LogP contribution in [0.25, 0.3) is 0 Å². The fourth-order valence-electron chi connectivity index (χ4n) is 4.53. The van der Waals surface area contributed by atoms with Gasteiger partial charge in [-0.15, -0.1) is 6.06 Å². The number of benzene rings is 4. The van der Waals surface area contributed by atoms with Gasteiger partial charge in [-0.05, 0) is 10.6 Å². The monoisotopic (exact) mass is 393 g/mol. The minimum absolute atomic E-state index is 0.464. The third-order valence-corrected chi connectivity index (χ3v) is 9.03. The molecule has 0 fully saturated rings. The lowest BCUT2D eigenvalue weighted by molar-refractivity contribution is 1.38. The first kappa shape index (κ1) is 19.7. The second kappa shape index (κ2) is 9.25. The van der Waals surface area contributed by atoms with Crippen molar-refractivity contribution in [2.75, 3.05) is 6.06 Å². The molecule has 0 aromatic heterocycles. The summed E-state index contributed by atoms with van der Waals surface area (Å²) in [5.41, 5.74) is 2.95. The highest BCUT2D eigenvalue weighted by Crippen LogP contribution is 2.37. The smallest absolute Gasteiger partial charge is 0.0592 e. The van der Waals surface area contributed by atoms with Crippen LogP contribution in [0.15, 0.2) is 121 Å². The van der Waals surface area contributed by atoms with Gasteiger partial charge in [0.25, 0.3) is 0 Å². The highest BCUT2D eigenvalue weighted by atomic mass is 31.1. The van der Waals surface area contributed by atoms with Gasteiger partial charge < -0.3 is 0 Å². The van der Waals surface area contributed by atoms with E-state index in [0.29, 0.717) is 0 Å². The SMILES string of the molecule is CC[B-](CP(c1ccccc1)c1ccccc1)(c1ccccc1)c1ccccc1. The van der Waals surface area contributed by atoms with Crippen molar-refractivity contribution in [2.45, 2.75) is 13.2 Å². The average Bonchev–Trinajstić information content (AvgIpc) is 2.82. The predicted molar refractivity (Wildman–Crippen MR) is 132 cm³/mol. The van der Waals surface area contributed by atoms with Crippen LogP contribution in [0.2, 0.25) is 6.32 Å². The minimum atomic E-state index is -0.872. The first-order chi connectivity index (χ1) is 14.3. The van der Waals surface area contributed by atoms with Crippen LogP contribution in [0.4, 0.5) is 0 Å². The maximum absolute atomic E-state index is 2.36. The normalized spacial score (nSPS) is 11.5. The van der Waals surface area contributed by atoms with E-state index in [1.165, 1.54) is 21.5 Å². The molecule has 0 saturated carbocycles. The molecule has 0 heterocycles. The summed E-state index contributed by atoms with van der Waals surface area (Å²) in [4.78, 5) is 0. The molecule has 29 heavy (non-hydrogen) atoms. The molecule has 0 aliphatic carbocycles. The Hall–Kier alpha value is -2.63. The summed E-state index contributed by atoms with van der Waals surface area (Å²) in [6, 6.07) is 45.7. The van der Waals surface area contributed by atoms with Gasteiger partial charge in [0, 0.05) is 0 Å². The lowest BCUT2D eigenvalue weighted by Gasteiger charge is -2.44. The van der Waals surface area contributed by atoms with Crippen LogP contribution in [-0.4, -0.2) is 12.2 Å². The minimum Gasteiger partial charge on any atom is -0.204 e. The number of hydrogen-bond acceptors (Lipinski definition) is 0. The first-order valence-corrected chi connectivity index (χ1v) is 12.0. The fraction of sp³-hybridized carbons (Fsp3) is 0.111. The van der Waals surface area contributed by atoms with E-state index >= 15 is 0 Å². The van der Waals surface area contributed by atoms with Crippen LogP contribution in [0, 0.1) is 0 Å². The molecule has 0 unspecified atom stereocenters. The molecule has 0 N–H and O–H groups in total. The second-order valence-corrected chi connectivity index (χ2v) is 10.0. The first-order valence-electron chi connectivity index (χ1n) is 10.5. The highest BCUT2D eigenvalue weighted by molar-refractivity contribution is 7.75. The van der Waals surface area contributed by atoms with Crippen LogP contribution < -0.4 is 21.5 Å². The van der Waals surface area contributed by atoms with Crippen molar-refractivity contribution < 1.29 is 0 Å². The maximum atomic E-state index is 2.36. The van der Waals surface area contributed by atoms with Gasteiger partial charge in [0.1, 0.15) is 0 Å². The van der Waals surface area contributed by atoms with E-state index in [-0.39, 0.29) is 0 Å². The van der Waals surface area contributed by atoms with Crippen molar-refractivity contribution in [1.29, 1.82) is 0 Å². The Balaban J connectivity index is 1.88. The molecule has 0 radical (unpaired) electrons. The predicted octanol–water partition coefficient (Wildman–Crippen LogP) is 4.94. The lowest BCUT2D eigenvalue weighted by atomic mass is 9.18. The molecule has 0 aliphatic rings. The summed E-state index contributed by atoms with van der Waals surface area (Å²) in [6.07, 6.45) is 0.259. The summed E-state index contributed by atoms with van der Waals surface area (Å²) >= 11 is 0. The molecule has 0 saturated heterocycles. The van der Waals surface area contributed by atoms with Crippen LogP contribution in [-0.2, 0) is 0 Å². The van der Waals surface area contributed by atoms with Crippen molar-refractivity contribution >= 4 is 35.6 Å². The summed E-state index contributed by atoms with van der Waals surface area (Å²) in [5.74, 6) is 0. The van der Waals surface area contributed by atoms with Gasteiger partial charge in [-0.1, -0.05) is 136 Å². The molecule has 0 atom stereocenters. The maximum Gasteiger partial charge on any atom is 0.0592 e. The van der Waals surface area contributed by atoms with Crippen LogP contribution in [0.1, 0.15) is 6.92 Å². The summed E-state index contributed by atoms with van der Waals surface area (Å²) in [7, 11) is -0.464. The quantitative estimate of drug-likeness (QED) is 0.308. The molecule has 2 heteroatoms. The van der Waals surface area contributed by atoms with Gasteiger partial charge in [0.05, 0.1) is 6.15 Å². The average molecular weight is 393 g/mol. The Morgan fingerprint density at radius 2 is 0.862 bits per heavy atom. The molecule has 0 spiro atoms. The van der Waals surface area contributed by atoms with Crippen molar-refractivity contribution in [3.05, 3.63) is 121 Å². The Morgan fingerprint density at radius 3 is 1.21 bits per heavy atom. The van der Waals surface area contributed by atoms with Gasteiger partial charge in [-0.25, -0.2) is 10.9 Å². The fourth-order valence-corrected chi connectivity index (χ4v) is 7.62. The standard InChI is InChI=1S/C27H27BP/c1-2-28(24-15-7-3-8-16-24,25-17-9-4-10-18-25)23-29(26-19-11-5-12-20-26)27-21-13-6-14-22-27/h3-22H,2,23H2,1H3/q-1. The third-order valence-electron chi connectivity index (χ3n) is 6.20. The summed E-state index contributed by atoms with van der Waals surface area (Å²) < 4.78 is 0. The number of hydrogen-bond donors (Lipinski definition) is 0. The van der Waals surface area contributed by atoms with E-state index in [9.17, 15) is 0 Å². The Kier molecular flexibility index (Phi) is 6.28. The van der Waals surface area contributed by atoms with E-state index < -0.39 is 14.1 Å². The molecular formula is C27H27BP-. The highest BCUT2D eigenvalue weighted by Gasteiger charge is 2.30. The third kappa shape index (κ3) is 4.21. The van der Waals surface area contributed by atoms with Gasteiger partial charge in [0.2, 0.25) is 0 Å². The zero-order valence-corrected chi connectivity index (χ0v) is 17.9. The molecule has 0 nitrogen and oxygen atoms in total. The van der Waals surface area contributed by atoms with Gasteiger partial charge >= 0.3 is 0 Å². The zero-order chi connectivity index (χ0) is 19.9. The Morgan fingerprint density at radius 1 is 0.517 bits per heavy atom. The van der Waals surface area contributed by atoms with E-state index in [4.69, 9.17) is 0 Å². The second-order valence-electron chi connectivity index (χ2n) is 7.76. The van der Waals surface area contributed by atoms with Gasteiger partial charge in [-0.2, -0.15) is 6.32 Å². The van der Waals surface area contributed by atoms with Crippen LogP contribution in [0.5, 0.6) is 0 Å².